The Morgan fingerprint density at radius 2 is 2.44 bits per heavy atom. The molecule has 0 saturated heterocycles. The zero-order valence-corrected chi connectivity index (χ0v) is 5.76. The van der Waals surface area contributed by atoms with Gasteiger partial charge < -0.3 is 4.79 Å². The van der Waals surface area contributed by atoms with Gasteiger partial charge >= 0.3 is 0 Å². The third kappa shape index (κ3) is 0.480. The van der Waals surface area contributed by atoms with Crippen LogP contribution in [0.5, 0.6) is 0 Å². The second kappa shape index (κ2) is 1.39. The van der Waals surface area contributed by atoms with Crippen LogP contribution in [-0.2, 0) is 4.79 Å². The average Bonchev–Trinajstić information content (AvgIpc) is 2.16. The van der Waals surface area contributed by atoms with Crippen LogP contribution in [0.1, 0.15) is 26.2 Å². The molecule has 0 amide bonds. The van der Waals surface area contributed by atoms with Crippen LogP contribution in [0.3, 0.4) is 0 Å². The van der Waals surface area contributed by atoms with Crippen LogP contribution < -0.4 is 0 Å². The quantitative estimate of drug-likeness (QED) is 0.485. The Morgan fingerprint density at radius 1 is 1.67 bits per heavy atom. The van der Waals surface area contributed by atoms with Gasteiger partial charge in [0.2, 0.25) is 0 Å². The first kappa shape index (κ1) is 5.45. The fourth-order valence-corrected chi connectivity index (χ4v) is 2.51. The topological polar surface area (TPSA) is 17.1 Å². The summed E-state index contributed by atoms with van der Waals surface area (Å²) in [5, 5.41) is 0. The number of carbonyl (C=O) groups is 1. The smallest absolute Gasteiger partial charge is 0.123 e. The molecule has 3 atom stereocenters. The van der Waals surface area contributed by atoms with Crippen LogP contribution >= 0.6 is 0 Å². The van der Waals surface area contributed by atoms with Crippen LogP contribution in [0.25, 0.3) is 0 Å². The highest BCUT2D eigenvalue weighted by Gasteiger charge is 2.62. The van der Waals surface area contributed by atoms with E-state index in [4.69, 9.17) is 0 Å². The Balaban J connectivity index is 2.16. The second-order valence-electron chi connectivity index (χ2n) is 3.67. The van der Waals surface area contributed by atoms with E-state index in [1.165, 1.54) is 19.3 Å². The molecule has 0 heterocycles. The predicted octanol–water partition coefficient (Wildman–Crippen LogP) is 1.62. The standard InChI is InChI=1S/C8H12O/c1-8-4-2-3-6(8)7(8)5-9/h5-7H,2-4H2,1H3. The molecule has 0 aromatic rings. The lowest BCUT2D eigenvalue weighted by Crippen LogP contribution is -1.95. The van der Waals surface area contributed by atoms with Crippen molar-refractivity contribution in [1.29, 1.82) is 0 Å². The fourth-order valence-electron chi connectivity index (χ4n) is 2.51. The summed E-state index contributed by atoms with van der Waals surface area (Å²) in [5.74, 6) is 1.21. The summed E-state index contributed by atoms with van der Waals surface area (Å²) in [6.45, 7) is 2.25. The van der Waals surface area contributed by atoms with Gasteiger partial charge in [0.25, 0.3) is 0 Å². The molecule has 0 aromatic carbocycles. The van der Waals surface area contributed by atoms with Crippen molar-refractivity contribution >= 4 is 6.29 Å². The maximum Gasteiger partial charge on any atom is 0.123 e. The predicted molar refractivity (Wildman–Crippen MR) is 35.0 cm³/mol. The van der Waals surface area contributed by atoms with Crippen LogP contribution in [0.15, 0.2) is 0 Å². The summed E-state index contributed by atoms with van der Waals surface area (Å²) in [6.07, 6.45) is 5.11. The Morgan fingerprint density at radius 3 is 2.78 bits per heavy atom. The lowest BCUT2D eigenvalue weighted by atomic mass is 10.0. The van der Waals surface area contributed by atoms with E-state index in [1.807, 2.05) is 0 Å². The van der Waals surface area contributed by atoms with E-state index in [0.717, 1.165) is 12.2 Å². The minimum absolute atomic E-state index is 0.436. The van der Waals surface area contributed by atoms with Gasteiger partial charge in [0.15, 0.2) is 0 Å². The largest absolute Gasteiger partial charge is 0.303 e. The molecule has 2 rings (SSSR count). The van der Waals surface area contributed by atoms with E-state index in [2.05, 4.69) is 6.92 Å². The molecule has 0 spiro atoms. The molecule has 2 fully saturated rings. The minimum Gasteiger partial charge on any atom is -0.303 e. The van der Waals surface area contributed by atoms with Gasteiger partial charge in [-0.25, -0.2) is 0 Å². The third-order valence-electron chi connectivity index (χ3n) is 3.31. The molecule has 3 unspecified atom stereocenters. The molecular formula is C8H12O. The first-order chi connectivity index (χ1) is 4.29. The maximum atomic E-state index is 10.4. The van der Waals surface area contributed by atoms with Crippen molar-refractivity contribution in [1.82, 2.24) is 0 Å². The second-order valence-corrected chi connectivity index (χ2v) is 3.67. The molecule has 0 aromatic heterocycles. The SMILES string of the molecule is CC12CCCC1C2C=O. The Hall–Kier alpha value is -0.330. The minimum atomic E-state index is 0.436. The van der Waals surface area contributed by atoms with Crippen LogP contribution in [0.2, 0.25) is 0 Å². The van der Waals surface area contributed by atoms with Crippen molar-refractivity contribution in [2.75, 3.05) is 0 Å². The Bertz CT molecular complexity index is 153. The van der Waals surface area contributed by atoms with Crippen molar-refractivity contribution in [2.45, 2.75) is 26.2 Å². The number of hydrogen-bond donors (Lipinski definition) is 0. The van der Waals surface area contributed by atoms with Crippen molar-refractivity contribution in [2.24, 2.45) is 17.3 Å². The molecule has 2 aliphatic carbocycles. The molecule has 2 aliphatic rings. The highest BCUT2D eigenvalue weighted by molar-refractivity contribution is 5.62. The summed E-state index contributed by atoms with van der Waals surface area (Å²) in [7, 11) is 0. The number of carbonyl (C=O) groups excluding carboxylic acids is 1. The highest BCUT2D eigenvalue weighted by Crippen LogP contribution is 2.67. The molecule has 0 N–H and O–H groups in total. The lowest BCUT2D eigenvalue weighted by Gasteiger charge is -2.00. The zero-order valence-electron chi connectivity index (χ0n) is 5.76. The van der Waals surface area contributed by atoms with Gasteiger partial charge in [0.1, 0.15) is 6.29 Å². The molecule has 0 aliphatic heterocycles. The van der Waals surface area contributed by atoms with Crippen molar-refractivity contribution in [3.8, 4) is 0 Å². The van der Waals surface area contributed by atoms with E-state index in [1.54, 1.807) is 0 Å². The summed E-state index contributed by atoms with van der Waals surface area (Å²) >= 11 is 0. The van der Waals surface area contributed by atoms with Gasteiger partial charge in [-0.2, -0.15) is 0 Å². The molecule has 1 heteroatoms. The zero-order chi connectivity index (χ0) is 6.48. The molecule has 9 heavy (non-hydrogen) atoms. The van der Waals surface area contributed by atoms with E-state index in [0.29, 0.717) is 11.3 Å². The van der Waals surface area contributed by atoms with Crippen molar-refractivity contribution < 1.29 is 4.79 Å². The van der Waals surface area contributed by atoms with Gasteiger partial charge in [0, 0.05) is 5.92 Å². The van der Waals surface area contributed by atoms with E-state index in [-0.39, 0.29) is 0 Å². The van der Waals surface area contributed by atoms with E-state index in [9.17, 15) is 4.79 Å². The normalized spacial score (nSPS) is 54.8. The number of fused-ring (bicyclic) bond motifs is 1. The maximum absolute atomic E-state index is 10.4. The van der Waals surface area contributed by atoms with Gasteiger partial charge in [-0.1, -0.05) is 13.3 Å². The lowest BCUT2D eigenvalue weighted by molar-refractivity contribution is -0.109. The Labute approximate surface area is 55.4 Å². The summed E-state index contributed by atoms with van der Waals surface area (Å²) in [6, 6.07) is 0. The first-order valence-electron chi connectivity index (χ1n) is 3.74. The number of hydrogen-bond acceptors (Lipinski definition) is 1. The van der Waals surface area contributed by atoms with Crippen molar-refractivity contribution in [3.63, 3.8) is 0 Å². The molecule has 0 bridgehead atoms. The first-order valence-corrected chi connectivity index (χ1v) is 3.74. The number of aldehydes is 1. The van der Waals surface area contributed by atoms with Gasteiger partial charge in [-0.3, -0.25) is 0 Å². The van der Waals surface area contributed by atoms with E-state index >= 15 is 0 Å². The highest BCUT2D eigenvalue weighted by atomic mass is 16.1. The van der Waals surface area contributed by atoms with Crippen LogP contribution in [0.4, 0.5) is 0 Å². The fraction of sp³-hybridized carbons (Fsp3) is 0.875. The summed E-state index contributed by atoms with van der Waals surface area (Å²) in [4.78, 5) is 10.4. The molecule has 1 nitrogen and oxygen atoms in total. The average molecular weight is 124 g/mol. The van der Waals surface area contributed by atoms with E-state index < -0.39 is 0 Å². The summed E-state index contributed by atoms with van der Waals surface area (Å²) in [5.41, 5.74) is 0.460. The van der Waals surface area contributed by atoms with Gasteiger partial charge in [-0.05, 0) is 24.2 Å². The molecule has 0 radical (unpaired) electrons. The summed E-state index contributed by atoms with van der Waals surface area (Å²) < 4.78 is 0. The molecular weight excluding hydrogens is 112 g/mol. The van der Waals surface area contributed by atoms with Crippen LogP contribution in [0, 0.1) is 17.3 Å². The van der Waals surface area contributed by atoms with Gasteiger partial charge in [-0.15, -0.1) is 0 Å². The van der Waals surface area contributed by atoms with Crippen molar-refractivity contribution in [3.05, 3.63) is 0 Å². The third-order valence-corrected chi connectivity index (χ3v) is 3.31. The Kier molecular flexibility index (Phi) is 0.842. The van der Waals surface area contributed by atoms with Crippen LogP contribution in [-0.4, -0.2) is 6.29 Å². The number of rotatable bonds is 1. The molecule has 50 valence electrons. The molecule has 2 saturated carbocycles. The van der Waals surface area contributed by atoms with Gasteiger partial charge in [0.05, 0.1) is 0 Å². The monoisotopic (exact) mass is 124 g/mol.